The van der Waals surface area contributed by atoms with Gasteiger partial charge < -0.3 is 4.90 Å². The molecule has 0 aliphatic carbocycles. The summed E-state index contributed by atoms with van der Waals surface area (Å²) in [5, 5.41) is 0. The Labute approximate surface area is 108 Å². The Morgan fingerprint density at radius 3 is 2.47 bits per heavy atom. The molecule has 1 rings (SSSR count). The van der Waals surface area contributed by atoms with Crippen molar-refractivity contribution in [2.45, 2.75) is 46.6 Å². The molecule has 0 bridgehead atoms. The molecular weight excluding hydrogens is 234 g/mol. The fraction of sp³-hybridized carbons (Fsp3) is 0.846. The van der Waals surface area contributed by atoms with E-state index >= 15 is 0 Å². The van der Waals surface area contributed by atoms with Crippen molar-refractivity contribution in [1.82, 2.24) is 4.90 Å². The Morgan fingerprint density at radius 2 is 1.94 bits per heavy atom. The second-order valence-electron chi connectivity index (χ2n) is 5.37. The van der Waals surface area contributed by atoms with E-state index < -0.39 is 0 Å². The van der Waals surface area contributed by atoms with Crippen LogP contribution < -0.4 is 0 Å². The first-order valence-corrected chi connectivity index (χ1v) is 7.50. The van der Waals surface area contributed by atoms with Crippen molar-refractivity contribution in [3.63, 3.8) is 0 Å². The van der Waals surface area contributed by atoms with Crippen molar-refractivity contribution in [2.24, 2.45) is 11.8 Å². The van der Waals surface area contributed by atoms with Crippen LogP contribution in [0, 0.1) is 11.8 Å². The van der Waals surface area contributed by atoms with Crippen molar-refractivity contribution < 1.29 is 9.59 Å². The second kappa shape index (κ2) is 6.43. The summed E-state index contributed by atoms with van der Waals surface area (Å²) in [6.07, 6.45) is 1.47. The number of ketones is 1. The number of hydrogen-bond acceptors (Lipinski definition) is 3. The Hall–Kier alpha value is -0.510. The topological polar surface area (TPSA) is 37.4 Å². The zero-order valence-corrected chi connectivity index (χ0v) is 12.0. The molecule has 1 aliphatic heterocycles. The molecule has 0 aromatic carbocycles. The van der Waals surface area contributed by atoms with Crippen LogP contribution in [0.4, 0.5) is 0 Å². The van der Waals surface area contributed by atoms with Crippen LogP contribution in [0.25, 0.3) is 0 Å². The highest BCUT2D eigenvalue weighted by atomic mass is 32.2. The van der Waals surface area contributed by atoms with E-state index in [2.05, 4.69) is 13.8 Å². The summed E-state index contributed by atoms with van der Waals surface area (Å²) in [5.41, 5.74) is 0. The van der Waals surface area contributed by atoms with Crippen LogP contribution in [-0.4, -0.2) is 34.3 Å². The van der Waals surface area contributed by atoms with E-state index in [0.717, 1.165) is 12.2 Å². The van der Waals surface area contributed by atoms with E-state index in [-0.39, 0.29) is 23.7 Å². The molecule has 1 atom stereocenters. The number of Topliss-reactive ketones (excluding diaryl/α,β-unsaturated/α-hetero) is 1. The van der Waals surface area contributed by atoms with Crippen LogP contribution in [-0.2, 0) is 9.59 Å². The maximum absolute atomic E-state index is 12.0. The van der Waals surface area contributed by atoms with Crippen LogP contribution in [0.5, 0.6) is 0 Å². The molecule has 98 valence electrons. The van der Waals surface area contributed by atoms with Gasteiger partial charge in [-0.05, 0) is 12.3 Å². The summed E-state index contributed by atoms with van der Waals surface area (Å²) in [6.45, 7) is 8.04. The molecular formula is C13H23NO2S. The van der Waals surface area contributed by atoms with Crippen LogP contribution in [0.1, 0.15) is 40.5 Å². The molecule has 17 heavy (non-hydrogen) atoms. The zero-order chi connectivity index (χ0) is 13.0. The predicted octanol–water partition coefficient (Wildman–Crippen LogP) is 2.55. The lowest BCUT2D eigenvalue weighted by molar-refractivity contribution is -0.138. The van der Waals surface area contributed by atoms with Gasteiger partial charge in [0.25, 0.3) is 0 Å². The van der Waals surface area contributed by atoms with Gasteiger partial charge in [0.2, 0.25) is 5.91 Å². The highest BCUT2D eigenvalue weighted by molar-refractivity contribution is 7.99. The van der Waals surface area contributed by atoms with E-state index in [1.54, 1.807) is 16.7 Å². The SMILES string of the molecule is CC(C)CCC(=O)N1CSCC1C(=O)C(C)C. The van der Waals surface area contributed by atoms with Gasteiger partial charge in [0.1, 0.15) is 6.04 Å². The smallest absolute Gasteiger partial charge is 0.223 e. The Kier molecular flexibility index (Phi) is 5.50. The quantitative estimate of drug-likeness (QED) is 0.759. The molecule has 1 saturated heterocycles. The first-order chi connectivity index (χ1) is 7.93. The lowest BCUT2D eigenvalue weighted by atomic mass is 10.0. The van der Waals surface area contributed by atoms with E-state index in [0.29, 0.717) is 18.2 Å². The Morgan fingerprint density at radius 1 is 1.29 bits per heavy atom. The summed E-state index contributed by atoms with van der Waals surface area (Å²) in [6, 6.07) is -0.181. The van der Waals surface area contributed by atoms with Crippen LogP contribution in [0.3, 0.4) is 0 Å². The Balaban J connectivity index is 2.57. The third-order valence-corrected chi connectivity index (χ3v) is 4.05. The van der Waals surface area contributed by atoms with Crippen molar-refractivity contribution in [2.75, 3.05) is 11.6 Å². The molecule has 1 aliphatic rings. The number of rotatable bonds is 5. The van der Waals surface area contributed by atoms with Gasteiger partial charge in [0.15, 0.2) is 5.78 Å². The van der Waals surface area contributed by atoms with Crippen molar-refractivity contribution in [3.05, 3.63) is 0 Å². The molecule has 0 radical (unpaired) electrons. The average Bonchev–Trinajstić information content (AvgIpc) is 2.73. The molecule has 3 nitrogen and oxygen atoms in total. The first-order valence-electron chi connectivity index (χ1n) is 6.34. The summed E-state index contributed by atoms with van der Waals surface area (Å²) in [4.78, 5) is 25.8. The van der Waals surface area contributed by atoms with E-state index in [4.69, 9.17) is 0 Å². The highest BCUT2D eigenvalue weighted by Crippen LogP contribution is 2.25. The standard InChI is InChI=1S/C13H23NO2S/c1-9(2)5-6-12(15)14-8-17-7-11(14)13(16)10(3)4/h9-11H,5-8H2,1-4H3. The predicted molar refractivity (Wildman–Crippen MR) is 71.9 cm³/mol. The monoisotopic (exact) mass is 257 g/mol. The lowest BCUT2D eigenvalue weighted by Gasteiger charge is -2.24. The van der Waals surface area contributed by atoms with Gasteiger partial charge in [-0.25, -0.2) is 0 Å². The minimum absolute atomic E-state index is 0.0131. The highest BCUT2D eigenvalue weighted by Gasteiger charge is 2.34. The molecule has 1 heterocycles. The first kappa shape index (κ1) is 14.6. The molecule has 0 saturated carbocycles. The minimum atomic E-state index is -0.181. The number of carbonyl (C=O) groups excluding carboxylic acids is 2. The maximum atomic E-state index is 12.0. The van der Waals surface area contributed by atoms with Crippen LogP contribution in [0.2, 0.25) is 0 Å². The maximum Gasteiger partial charge on any atom is 0.223 e. The van der Waals surface area contributed by atoms with Gasteiger partial charge in [0.05, 0.1) is 5.88 Å². The lowest BCUT2D eigenvalue weighted by Crippen LogP contribution is -2.43. The van der Waals surface area contributed by atoms with E-state index in [9.17, 15) is 9.59 Å². The van der Waals surface area contributed by atoms with Gasteiger partial charge in [-0.3, -0.25) is 9.59 Å². The summed E-state index contributed by atoms with van der Waals surface area (Å²) >= 11 is 1.68. The van der Waals surface area contributed by atoms with Crippen LogP contribution >= 0.6 is 11.8 Å². The van der Waals surface area contributed by atoms with Crippen molar-refractivity contribution in [3.8, 4) is 0 Å². The summed E-state index contributed by atoms with van der Waals surface area (Å²) < 4.78 is 0. The second-order valence-corrected chi connectivity index (χ2v) is 6.37. The van der Waals surface area contributed by atoms with Crippen LogP contribution in [0.15, 0.2) is 0 Å². The molecule has 0 aromatic rings. The number of amides is 1. The fourth-order valence-corrected chi connectivity index (χ4v) is 3.06. The zero-order valence-electron chi connectivity index (χ0n) is 11.2. The van der Waals surface area contributed by atoms with Crippen molar-refractivity contribution >= 4 is 23.5 Å². The molecule has 1 amide bonds. The van der Waals surface area contributed by atoms with Crippen molar-refractivity contribution in [1.29, 1.82) is 0 Å². The molecule has 4 heteroatoms. The fourth-order valence-electron chi connectivity index (χ4n) is 1.86. The minimum Gasteiger partial charge on any atom is -0.323 e. The van der Waals surface area contributed by atoms with Gasteiger partial charge in [-0.1, -0.05) is 27.7 Å². The normalized spacial score (nSPS) is 20.4. The van der Waals surface area contributed by atoms with E-state index in [1.165, 1.54) is 0 Å². The molecule has 1 unspecified atom stereocenters. The van der Waals surface area contributed by atoms with Gasteiger partial charge in [0, 0.05) is 18.1 Å². The third-order valence-electron chi connectivity index (χ3n) is 3.04. The molecule has 0 spiro atoms. The summed E-state index contributed by atoms with van der Waals surface area (Å²) in [7, 11) is 0. The Bertz CT molecular complexity index is 289. The average molecular weight is 257 g/mol. The number of thioether (sulfide) groups is 1. The number of nitrogens with zero attached hydrogens (tertiary/aromatic N) is 1. The third kappa shape index (κ3) is 4.02. The van der Waals surface area contributed by atoms with Gasteiger partial charge in [-0.15, -0.1) is 11.8 Å². The largest absolute Gasteiger partial charge is 0.323 e. The number of carbonyl (C=O) groups is 2. The molecule has 0 aromatic heterocycles. The molecule has 0 N–H and O–H groups in total. The van der Waals surface area contributed by atoms with Gasteiger partial charge in [-0.2, -0.15) is 0 Å². The number of hydrogen-bond donors (Lipinski definition) is 0. The van der Waals surface area contributed by atoms with E-state index in [1.807, 2.05) is 13.8 Å². The molecule has 1 fully saturated rings. The summed E-state index contributed by atoms with van der Waals surface area (Å²) in [5.74, 6) is 2.34. The van der Waals surface area contributed by atoms with Gasteiger partial charge >= 0.3 is 0 Å².